The van der Waals surface area contributed by atoms with E-state index in [1.165, 1.54) is 23.1 Å². The average molecular weight is 521 g/mol. The summed E-state index contributed by atoms with van der Waals surface area (Å²) >= 11 is 0. The Morgan fingerprint density at radius 2 is 1.76 bits per heavy atom. The van der Waals surface area contributed by atoms with E-state index >= 15 is 0 Å². The van der Waals surface area contributed by atoms with Gasteiger partial charge in [-0.15, -0.1) is 0 Å². The molecule has 3 heterocycles. The van der Waals surface area contributed by atoms with Crippen LogP contribution in [0.4, 0.5) is 14.9 Å². The Labute approximate surface area is 218 Å². The fraction of sp³-hybridized carbons (Fsp3) is 0.370. The van der Waals surface area contributed by atoms with Crippen molar-refractivity contribution in [1.82, 2.24) is 24.6 Å². The first kappa shape index (κ1) is 25.4. The van der Waals surface area contributed by atoms with Gasteiger partial charge in [0.25, 0.3) is 5.91 Å². The molecule has 11 heteroatoms. The Morgan fingerprint density at radius 3 is 2.47 bits per heavy atom. The standard InChI is InChI=1S/C27H29FN6O4/c1-27(2,3)38-26(36)34-11-7-18(8-12-34)37-21-6-5-19(23-24(21)30-10-9-29-23)25(35)31-17-13-16-15-33(4)32-22(16)20(28)14-17/h5-6,9-10,13-15,18H,7-8,11-12H2,1-4H3,(H,31,35). The smallest absolute Gasteiger partial charge is 0.410 e. The molecule has 5 rings (SSSR count). The van der Waals surface area contributed by atoms with Crippen LogP contribution >= 0.6 is 0 Å². The van der Waals surface area contributed by atoms with Gasteiger partial charge in [0.05, 0.1) is 5.56 Å². The number of amides is 2. The SMILES string of the molecule is Cn1cc2cc(NC(=O)c3ccc(OC4CCN(C(=O)OC(C)(C)C)CC4)c4nccnc34)cc(F)c2n1. The second-order valence-electron chi connectivity index (χ2n) is 10.3. The molecule has 10 nitrogen and oxygen atoms in total. The zero-order valence-electron chi connectivity index (χ0n) is 21.7. The van der Waals surface area contributed by atoms with Gasteiger partial charge in [-0.1, -0.05) is 0 Å². The van der Waals surface area contributed by atoms with Gasteiger partial charge < -0.3 is 19.7 Å². The molecular weight excluding hydrogens is 491 g/mol. The molecule has 0 saturated carbocycles. The van der Waals surface area contributed by atoms with Crippen LogP contribution < -0.4 is 10.1 Å². The van der Waals surface area contributed by atoms with E-state index in [1.807, 2.05) is 20.8 Å². The van der Waals surface area contributed by atoms with Crippen LogP contribution in [0.3, 0.4) is 0 Å². The van der Waals surface area contributed by atoms with Crippen molar-refractivity contribution in [2.75, 3.05) is 18.4 Å². The quantitative estimate of drug-likeness (QED) is 0.416. The summed E-state index contributed by atoms with van der Waals surface area (Å²) in [6, 6.07) is 6.22. The number of carbonyl (C=O) groups is 2. The molecule has 0 aliphatic carbocycles. The van der Waals surface area contributed by atoms with Crippen LogP contribution in [0.2, 0.25) is 0 Å². The van der Waals surface area contributed by atoms with Gasteiger partial charge in [-0.05, 0) is 45.0 Å². The molecule has 0 bridgehead atoms. The predicted octanol–water partition coefficient (Wildman–Crippen LogP) is 4.69. The van der Waals surface area contributed by atoms with E-state index in [9.17, 15) is 14.0 Å². The van der Waals surface area contributed by atoms with Crippen molar-refractivity contribution < 1.29 is 23.5 Å². The van der Waals surface area contributed by atoms with Gasteiger partial charge in [0, 0.05) is 62.6 Å². The molecule has 0 radical (unpaired) electrons. The first-order chi connectivity index (χ1) is 18.1. The number of piperidine rings is 1. The number of anilines is 1. The molecule has 1 saturated heterocycles. The lowest BCUT2D eigenvalue weighted by Gasteiger charge is -2.33. The fourth-order valence-electron chi connectivity index (χ4n) is 4.46. The second kappa shape index (κ2) is 9.88. The summed E-state index contributed by atoms with van der Waals surface area (Å²) < 4.78 is 27.7. The number of fused-ring (bicyclic) bond motifs is 2. The summed E-state index contributed by atoms with van der Waals surface area (Å²) in [5.41, 5.74) is 1.10. The largest absolute Gasteiger partial charge is 0.488 e. The molecule has 1 N–H and O–H groups in total. The minimum atomic E-state index is -0.546. The molecule has 0 atom stereocenters. The van der Waals surface area contributed by atoms with E-state index in [4.69, 9.17) is 9.47 Å². The van der Waals surface area contributed by atoms with E-state index in [-0.39, 0.29) is 23.3 Å². The first-order valence-corrected chi connectivity index (χ1v) is 12.4. The van der Waals surface area contributed by atoms with Gasteiger partial charge in [-0.25, -0.2) is 14.2 Å². The molecule has 0 spiro atoms. The number of halogens is 1. The molecule has 2 aromatic heterocycles. The molecule has 38 heavy (non-hydrogen) atoms. The van der Waals surface area contributed by atoms with E-state index < -0.39 is 17.3 Å². The topological polar surface area (TPSA) is 111 Å². The summed E-state index contributed by atoms with van der Waals surface area (Å²) in [7, 11) is 1.70. The summed E-state index contributed by atoms with van der Waals surface area (Å²) in [5.74, 6) is -0.469. The third-order valence-corrected chi connectivity index (χ3v) is 6.15. The molecule has 1 aliphatic heterocycles. The lowest BCUT2D eigenvalue weighted by Crippen LogP contribution is -2.44. The maximum Gasteiger partial charge on any atom is 0.410 e. The van der Waals surface area contributed by atoms with Gasteiger partial charge in [-0.3, -0.25) is 14.5 Å². The minimum Gasteiger partial charge on any atom is -0.488 e. The second-order valence-corrected chi connectivity index (χ2v) is 10.3. The van der Waals surface area contributed by atoms with Crippen molar-refractivity contribution in [1.29, 1.82) is 0 Å². The molecule has 0 unspecified atom stereocenters. The Morgan fingerprint density at radius 1 is 1.05 bits per heavy atom. The summed E-state index contributed by atoms with van der Waals surface area (Å²) in [6.45, 7) is 6.56. The number of likely N-dealkylation sites (tertiary alicyclic amines) is 1. The van der Waals surface area contributed by atoms with E-state index in [1.54, 1.807) is 36.3 Å². The van der Waals surface area contributed by atoms with E-state index in [0.717, 1.165) is 0 Å². The minimum absolute atomic E-state index is 0.132. The van der Waals surface area contributed by atoms with Crippen LogP contribution in [0.15, 0.2) is 42.9 Å². The Bertz CT molecular complexity index is 1520. The van der Waals surface area contributed by atoms with Crippen molar-refractivity contribution >= 4 is 39.6 Å². The van der Waals surface area contributed by atoms with Gasteiger partial charge in [-0.2, -0.15) is 5.10 Å². The molecule has 1 aliphatic rings. The molecular formula is C27H29FN6O4. The maximum absolute atomic E-state index is 14.5. The fourth-order valence-corrected chi connectivity index (χ4v) is 4.46. The number of hydrogen-bond donors (Lipinski definition) is 1. The van der Waals surface area contributed by atoms with E-state index in [2.05, 4.69) is 20.4 Å². The monoisotopic (exact) mass is 520 g/mol. The molecule has 198 valence electrons. The Hall–Kier alpha value is -4.28. The molecule has 4 aromatic rings. The zero-order chi connectivity index (χ0) is 27.0. The third-order valence-electron chi connectivity index (χ3n) is 6.15. The number of ether oxygens (including phenoxy) is 2. The van der Waals surface area contributed by atoms with Gasteiger partial charge in [0.2, 0.25) is 0 Å². The van der Waals surface area contributed by atoms with Crippen LogP contribution in [0.5, 0.6) is 5.75 Å². The van der Waals surface area contributed by atoms with Gasteiger partial charge >= 0.3 is 6.09 Å². The predicted molar refractivity (Wildman–Crippen MR) is 140 cm³/mol. The van der Waals surface area contributed by atoms with E-state index in [0.29, 0.717) is 53.8 Å². The number of nitrogens with zero attached hydrogens (tertiary/aromatic N) is 5. The Kier molecular flexibility index (Phi) is 6.60. The van der Waals surface area contributed by atoms with Crippen LogP contribution in [0, 0.1) is 5.82 Å². The van der Waals surface area contributed by atoms with Crippen LogP contribution in [-0.2, 0) is 11.8 Å². The van der Waals surface area contributed by atoms with Crippen molar-refractivity contribution in [3.8, 4) is 5.75 Å². The lowest BCUT2D eigenvalue weighted by molar-refractivity contribution is 0.0127. The van der Waals surface area contributed by atoms with Crippen LogP contribution in [0.1, 0.15) is 44.0 Å². The van der Waals surface area contributed by atoms with Gasteiger partial charge in [0.15, 0.2) is 5.82 Å². The average Bonchev–Trinajstić information content (AvgIpc) is 3.24. The van der Waals surface area contributed by atoms with Gasteiger partial charge in [0.1, 0.15) is 34.0 Å². The highest BCUT2D eigenvalue weighted by molar-refractivity contribution is 6.12. The highest BCUT2D eigenvalue weighted by Crippen LogP contribution is 2.29. The van der Waals surface area contributed by atoms with Crippen molar-refractivity contribution in [2.24, 2.45) is 7.05 Å². The number of benzene rings is 2. The summed E-state index contributed by atoms with van der Waals surface area (Å²) in [5, 5.41) is 7.42. The van der Waals surface area contributed by atoms with Crippen molar-refractivity contribution in [3.05, 3.63) is 54.2 Å². The number of carbonyl (C=O) groups excluding carboxylic acids is 2. The molecule has 1 fully saturated rings. The number of rotatable bonds is 4. The molecule has 2 aromatic carbocycles. The molecule has 2 amide bonds. The normalized spacial score (nSPS) is 14.6. The first-order valence-electron chi connectivity index (χ1n) is 12.4. The van der Waals surface area contributed by atoms with Crippen molar-refractivity contribution in [2.45, 2.75) is 45.3 Å². The summed E-state index contributed by atoms with van der Waals surface area (Å²) in [6.07, 6.45) is 5.52. The Balaban J connectivity index is 1.31. The number of aromatic nitrogens is 4. The maximum atomic E-state index is 14.5. The van der Waals surface area contributed by atoms with Crippen molar-refractivity contribution in [3.63, 3.8) is 0 Å². The number of nitrogens with one attached hydrogen (secondary N) is 1. The number of aryl methyl sites for hydroxylation is 1. The van der Waals surface area contributed by atoms with Crippen LogP contribution in [0.25, 0.3) is 21.9 Å². The van der Waals surface area contributed by atoms with Crippen LogP contribution in [-0.4, -0.2) is 61.4 Å². The third kappa shape index (κ3) is 5.36. The number of hydrogen-bond acceptors (Lipinski definition) is 7. The summed E-state index contributed by atoms with van der Waals surface area (Å²) in [4.78, 5) is 36.0. The highest BCUT2D eigenvalue weighted by atomic mass is 19.1. The zero-order valence-corrected chi connectivity index (χ0v) is 21.7. The lowest BCUT2D eigenvalue weighted by atomic mass is 10.1. The highest BCUT2D eigenvalue weighted by Gasteiger charge is 2.28.